The fraction of sp³-hybridized carbons (Fsp3) is 0.450. The topological polar surface area (TPSA) is 61.8 Å². The zero-order valence-electron chi connectivity index (χ0n) is 15.4. The first-order valence-electron chi connectivity index (χ1n) is 9.52. The number of carbonyl (C=O) groups excluding carboxylic acids is 1. The molecular weight excluding hydrogens is 342 g/mol. The molecule has 2 aromatic rings. The first-order chi connectivity index (χ1) is 13.3. The number of hydrogen-bond donors (Lipinski definition) is 0. The number of rotatable bonds is 5. The monoisotopic (exact) mass is 367 g/mol. The molecule has 0 bridgehead atoms. The summed E-state index contributed by atoms with van der Waals surface area (Å²) in [6.07, 6.45) is 4.50. The Hall–Kier alpha value is -2.67. The summed E-state index contributed by atoms with van der Waals surface area (Å²) in [7, 11) is 0. The van der Waals surface area contributed by atoms with Gasteiger partial charge in [0.25, 0.3) is 0 Å². The van der Waals surface area contributed by atoms with Crippen LogP contribution in [0.4, 0.5) is 5.95 Å². The van der Waals surface area contributed by atoms with Gasteiger partial charge in [-0.15, -0.1) is 0 Å². The second-order valence-corrected chi connectivity index (χ2v) is 6.99. The minimum absolute atomic E-state index is 0.0865. The van der Waals surface area contributed by atoms with Crippen molar-refractivity contribution in [3.05, 3.63) is 48.8 Å². The molecule has 0 N–H and O–H groups in total. The van der Waals surface area contributed by atoms with E-state index in [1.54, 1.807) is 12.4 Å². The first-order valence-corrected chi connectivity index (χ1v) is 9.52. The second-order valence-electron chi connectivity index (χ2n) is 6.99. The van der Waals surface area contributed by atoms with Gasteiger partial charge in [0.1, 0.15) is 11.9 Å². The van der Waals surface area contributed by atoms with Crippen molar-refractivity contribution in [2.24, 2.45) is 0 Å². The maximum Gasteiger partial charge on any atom is 0.236 e. The predicted molar refractivity (Wildman–Crippen MR) is 103 cm³/mol. The molecule has 2 saturated heterocycles. The molecule has 1 aromatic heterocycles. The lowest BCUT2D eigenvalue weighted by Crippen LogP contribution is -2.50. The Bertz CT molecular complexity index is 735. The highest BCUT2D eigenvalue weighted by atomic mass is 16.5. The Balaban J connectivity index is 1.22. The summed E-state index contributed by atoms with van der Waals surface area (Å²) in [5.74, 6) is 1.83. The number of hydrogen-bond acceptors (Lipinski definition) is 6. The van der Waals surface area contributed by atoms with Gasteiger partial charge in [0.15, 0.2) is 0 Å². The minimum atomic E-state index is 0.0865. The van der Waals surface area contributed by atoms with E-state index in [0.29, 0.717) is 13.1 Å². The van der Waals surface area contributed by atoms with Crippen molar-refractivity contribution in [1.82, 2.24) is 19.8 Å². The van der Waals surface area contributed by atoms with Crippen LogP contribution in [0.1, 0.15) is 6.42 Å². The summed E-state index contributed by atoms with van der Waals surface area (Å²) in [5, 5.41) is 0. The SMILES string of the molecule is O=C(CN1CCN(c2ncccn2)CC1)N1CC[C@@H](Oc2ccccc2)C1. The maximum absolute atomic E-state index is 12.7. The molecule has 1 aromatic carbocycles. The van der Waals surface area contributed by atoms with Gasteiger partial charge in [-0.1, -0.05) is 18.2 Å². The number of para-hydroxylation sites is 1. The third kappa shape index (κ3) is 4.54. The standard InChI is InChI=1S/C20H25N5O2/c26-19(25-10-7-18(15-25)27-17-5-2-1-3-6-17)16-23-11-13-24(14-12-23)20-21-8-4-9-22-20/h1-6,8-9,18H,7,10-16H2/t18-/m1/s1. The van der Waals surface area contributed by atoms with Crippen molar-refractivity contribution >= 4 is 11.9 Å². The Labute approximate surface area is 159 Å². The van der Waals surface area contributed by atoms with Gasteiger partial charge in [-0.3, -0.25) is 9.69 Å². The number of carbonyl (C=O) groups is 1. The molecule has 2 aliphatic rings. The van der Waals surface area contributed by atoms with Crippen molar-refractivity contribution in [2.45, 2.75) is 12.5 Å². The lowest BCUT2D eigenvalue weighted by Gasteiger charge is -2.34. The van der Waals surface area contributed by atoms with Crippen molar-refractivity contribution in [3.63, 3.8) is 0 Å². The van der Waals surface area contributed by atoms with Crippen LogP contribution in [0.2, 0.25) is 0 Å². The number of ether oxygens (including phenoxy) is 1. The Morgan fingerprint density at radius 1 is 1.00 bits per heavy atom. The average Bonchev–Trinajstić information content (AvgIpc) is 3.19. The number of benzene rings is 1. The smallest absolute Gasteiger partial charge is 0.236 e. The van der Waals surface area contributed by atoms with Gasteiger partial charge in [-0.2, -0.15) is 0 Å². The van der Waals surface area contributed by atoms with Crippen molar-refractivity contribution in [1.29, 1.82) is 0 Å². The third-order valence-corrected chi connectivity index (χ3v) is 5.11. The van der Waals surface area contributed by atoms with Gasteiger partial charge in [-0.05, 0) is 18.2 Å². The van der Waals surface area contributed by atoms with Crippen LogP contribution in [-0.4, -0.2) is 77.6 Å². The second kappa shape index (κ2) is 8.35. The summed E-state index contributed by atoms with van der Waals surface area (Å²) in [6.45, 7) is 5.30. The Morgan fingerprint density at radius 2 is 1.74 bits per heavy atom. The number of anilines is 1. The van der Waals surface area contributed by atoms with Crippen LogP contribution in [0.25, 0.3) is 0 Å². The van der Waals surface area contributed by atoms with E-state index in [2.05, 4.69) is 19.8 Å². The highest BCUT2D eigenvalue weighted by Crippen LogP contribution is 2.18. The number of likely N-dealkylation sites (tertiary alicyclic amines) is 1. The van der Waals surface area contributed by atoms with Crippen LogP contribution >= 0.6 is 0 Å². The van der Waals surface area contributed by atoms with Gasteiger partial charge in [0, 0.05) is 51.5 Å². The Morgan fingerprint density at radius 3 is 2.48 bits per heavy atom. The van der Waals surface area contributed by atoms with Crippen LogP contribution in [0, 0.1) is 0 Å². The van der Waals surface area contributed by atoms with Gasteiger partial charge < -0.3 is 14.5 Å². The fourth-order valence-corrected chi connectivity index (χ4v) is 3.59. The molecule has 0 aliphatic carbocycles. The molecular formula is C20H25N5O2. The van der Waals surface area contributed by atoms with Crippen LogP contribution in [0.5, 0.6) is 5.75 Å². The molecule has 0 radical (unpaired) electrons. The third-order valence-electron chi connectivity index (χ3n) is 5.11. The highest BCUT2D eigenvalue weighted by Gasteiger charge is 2.29. The van der Waals surface area contributed by atoms with E-state index < -0.39 is 0 Å². The summed E-state index contributed by atoms with van der Waals surface area (Å²) >= 11 is 0. The summed E-state index contributed by atoms with van der Waals surface area (Å²) < 4.78 is 5.98. The number of nitrogens with zero attached hydrogens (tertiary/aromatic N) is 5. The van der Waals surface area contributed by atoms with E-state index in [1.807, 2.05) is 41.3 Å². The van der Waals surface area contributed by atoms with Crippen molar-refractivity contribution in [3.8, 4) is 5.75 Å². The molecule has 0 unspecified atom stereocenters. The highest BCUT2D eigenvalue weighted by molar-refractivity contribution is 5.78. The molecule has 7 nitrogen and oxygen atoms in total. The molecule has 27 heavy (non-hydrogen) atoms. The molecule has 1 amide bonds. The molecule has 142 valence electrons. The van der Waals surface area contributed by atoms with E-state index in [0.717, 1.165) is 50.8 Å². The zero-order valence-corrected chi connectivity index (χ0v) is 15.4. The molecule has 4 rings (SSSR count). The first kappa shape index (κ1) is 17.7. The van der Waals surface area contributed by atoms with E-state index in [4.69, 9.17) is 4.74 Å². The Kier molecular flexibility index (Phi) is 5.48. The van der Waals surface area contributed by atoms with Crippen LogP contribution in [0.15, 0.2) is 48.8 Å². The predicted octanol–water partition coefficient (Wildman–Crippen LogP) is 1.28. The summed E-state index contributed by atoms with van der Waals surface area (Å²) in [4.78, 5) is 27.6. The van der Waals surface area contributed by atoms with E-state index in [-0.39, 0.29) is 12.0 Å². The molecule has 1 atom stereocenters. The summed E-state index contributed by atoms with van der Waals surface area (Å²) in [6, 6.07) is 11.6. The normalized spacial score (nSPS) is 20.7. The van der Waals surface area contributed by atoms with E-state index in [9.17, 15) is 4.79 Å². The van der Waals surface area contributed by atoms with Crippen LogP contribution < -0.4 is 9.64 Å². The number of piperazine rings is 1. The largest absolute Gasteiger partial charge is 0.489 e. The van der Waals surface area contributed by atoms with Crippen LogP contribution in [0.3, 0.4) is 0 Å². The lowest BCUT2D eigenvalue weighted by atomic mass is 10.3. The minimum Gasteiger partial charge on any atom is -0.489 e. The molecule has 3 heterocycles. The van der Waals surface area contributed by atoms with Gasteiger partial charge in [0.2, 0.25) is 11.9 Å². The van der Waals surface area contributed by atoms with Crippen molar-refractivity contribution < 1.29 is 9.53 Å². The maximum atomic E-state index is 12.7. The zero-order chi connectivity index (χ0) is 18.5. The van der Waals surface area contributed by atoms with Gasteiger partial charge >= 0.3 is 0 Å². The molecule has 0 spiro atoms. The molecule has 0 saturated carbocycles. The van der Waals surface area contributed by atoms with Crippen molar-refractivity contribution in [2.75, 3.05) is 50.7 Å². The van der Waals surface area contributed by atoms with Gasteiger partial charge in [0.05, 0.1) is 13.1 Å². The summed E-state index contributed by atoms with van der Waals surface area (Å²) in [5.41, 5.74) is 0. The average molecular weight is 367 g/mol. The van der Waals surface area contributed by atoms with E-state index >= 15 is 0 Å². The lowest BCUT2D eigenvalue weighted by molar-refractivity contribution is -0.131. The fourth-order valence-electron chi connectivity index (χ4n) is 3.59. The molecule has 2 fully saturated rings. The quantitative estimate of drug-likeness (QED) is 0.793. The number of aromatic nitrogens is 2. The van der Waals surface area contributed by atoms with E-state index in [1.165, 1.54) is 0 Å². The molecule has 7 heteroatoms. The van der Waals surface area contributed by atoms with Gasteiger partial charge in [-0.25, -0.2) is 9.97 Å². The number of amides is 1. The van der Waals surface area contributed by atoms with Crippen LogP contribution in [-0.2, 0) is 4.79 Å². The molecule has 2 aliphatic heterocycles.